The Labute approximate surface area is 181 Å². The third-order valence-corrected chi connectivity index (χ3v) is 5.93. The van der Waals surface area contributed by atoms with E-state index in [0.717, 1.165) is 5.56 Å². The Morgan fingerprint density at radius 3 is 2.58 bits per heavy atom. The number of piperazine rings is 2. The fourth-order valence-electron chi connectivity index (χ4n) is 4.28. The van der Waals surface area contributed by atoms with Crippen molar-refractivity contribution in [3.8, 4) is 0 Å². The fraction of sp³-hybridized carbons (Fsp3) is 0.455. The van der Waals surface area contributed by atoms with Crippen molar-refractivity contribution in [2.45, 2.75) is 18.5 Å². The third kappa shape index (κ3) is 4.18. The minimum atomic E-state index is -0.683. The van der Waals surface area contributed by atoms with E-state index >= 15 is 0 Å². The molecule has 9 heteroatoms. The van der Waals surface area contributed by atoms with E-state index < -0.39 is 12.1 Å². The van der Waals surface area contributed by atoms with Crippen molar-refractivity contribution in [1.82, 2.24) is 24.5 Å². The van der Waals surface area contributed by atoms with Gasteiger partial charge < -0.3 is 19.4 Å². The Bertz CT molecular complexity index is 960. The number of carbonyl (C=O) groups is 3. The molecule has 3 heterocycles. The Kier molecular flexibility index (Phi) is 6.03. The van der Waals surface area contributed by atoms with Gasteiger partial charge in [0.15, 0.2) is 0 Å². The van der Waals surface area contributed by atoms with Gasteiger partial charge in [0, 0.05) is 46.4 Å². The van der Waals surface area contributed by atoms with Crippen LogP contribution < -0.4 is 0 Å². The number of carbonyl (C=O) groups excluding carboxylic acids is 3. The number of rotatable bonds is 6. The number of methoxy groups -OCH3 is 1. The van der Waals surface area contributed by atoms with Gasteiger partial charge in [-0.25, -0.2) is 0 Å². The van der Waals surface area contributed by atoms with Gasteiger partial charge in [-0.1, -0.05) is 30.3 Å². The second-order valence-electron chi connectivity index (χ2n) is 7.90. The minimum Gasteiger partial charge on any atom is -0.383 e. The molecule has 2 aliphatic heterocycles. The van der Waals surface area contributed by atoms with E-state index in [2.05, 4.69) is 5.10 Å². The second kappa shape index (κ2) is 8.89. The number of hydrogen-bond donors (Lipinski definition) is 0. The molecule has 0 aliphatic carbocycles. The maximum atomic E-state index is 13.5. The molecule has 9 nitrogen and oxygen atoms in total. The summed E-state index contributed by atoms with van der Waals surface area (Å²) >= 11 is 0. The highest BCUT2D eigenvalue weighted by molar-refractivity contribution is 6.00. The molecule has 2 aromatic rings. The molecule has 3 amide bonds. The van der Waals surface area contributed by atoms with E-state index in [1.54, 1.807) is 40.9 Å². The summed E-state index contributed by atoms with van der Waals surface area (Å²) < 4.78 is 6.65. The lowest BCUT2D eigenvalue weighted by molar-refractivity contribution is -0.160. The molecular weight excluding hydrogens is 398 g/mol. The van der Waals surface area contributed by atoms with Crippen molar-refractivity contribution in [3.05, 3.63) is 53.9 Å². The molecule has 0 saturated carbocycles. The van der Waals surface area contributed by atoms with Crippen molar-refractivity contribution < 1.29 is 19.1 Å². The molecule has 0 N–H and O–H groups in total. The summed E-state index contributed by atoms with van der Waals surface area (Å²) in [6.07, 6.45) is 2.08. The number of benzene rings is 1. The molecule has 0 spiro atoms. The minimum absolute atomic E-state index is 0.145. The van der Waals surface area contributed by atoms with E-state index in [1.807, 2.05) is 30.3 Å². The average Bonchev–Trinajstić information content (AvgIpc) is 3.22. The number of fused-ring (bicyclic) bond motifs is 1. The summed E-state index contributed by atoms with van der Waals surface area (Å²) in [6, 6.07) is 9.89. The van der Waals surface area contributed by atoms with E-state index in [-0.39, 0.29) is 30.0 Å². The summed E-state index contributed by atoms with van der Waals surface area (Å²) in [5, 5.41) is 4.22. The maximum Gasteiger partial charge on any atom is 0.275 e. The first kappa shape index (κ1) is 21.0. The lowest BCUT2D eigenvalue weighted by atomic mass is 9.96. The van der Waals surface area contributed by atoms with E-state index in [0.29, 0.717) is 32.7 Å². The molecule has 1 aromatic heterocycles. The van der Waals surface area contributed by atoms with Gasteiger partial charge in [0.25, 0.3) is 5.91 Å². The van der Waals surface area contributed by atoms with Crippen LogP contribution in [0, 0.1) is 0 Å². The van der Waals surface area contributed by atoms with Crippen LogP contribution in [0.2, 0.25) is 0 Å². The molecule has 31 heavy (non-hydrogen) atoms. The van der Waals surface area contributed by atoms with E-state index in [1.165, 1.54) is 4.90 Å². The Morgan fingerprint density at radius 1 is 1.13 bits per heavy atom. The second-order valence-corrected chi connectivity index (χ2v) is 7.90. The van der Waals surface area contributed by atoms with E-state index in [9.17, 15) is 14.4 Å². The topological polar surface area (TPSA) is 88.0 Å². The largest absolute Gasteiger partial charge is 0.383 e. The quantitative estimate of drug-likeness (QED) is 0.659. The highest BCUT2D eigenvalue weighted by atomic mass is 16.5. The smallest absolute Gasteiger partial charge is 0.275 e. The zero-order chi connectivity index (χ0) is 22.0. The predicted octanol–water partition coefficient (Wildman–Crippen LogP) is 0.173. The molecular formula is C22H27N5O4. The van der Waals surface area contributed by atoms with Gasteiger partial charge in [0.1, 0.15) is 17.8 Å². The van der Waals surface area contributed by atoms with Gasteiger partial charge in [0.05, 0.1) is 13.2 Å². The molecule has 1 aromatic carbocycles. The van der Waals surface area contributed by atoms with Crippen LogP contribution in [0.25, 0.3) is 0 Å². The van der Waals surface area contributed by atoms with Gasteiger partial charge in [-0.3, -0.25) is 19.1 Å². The number of amides is 3. The molecule has 0 bridgehead atoms. The van der Waals surface area contributed by atoms with Gasteiger partial charge in [0.2, 0.25) is 11.8 Å². The van der Waals surface area contributed by atoms with Crippen LogP contribution in [0.1, 0.15) is 16.1 Å². The van der Waals surface area contributed by atoms with Crippen molar-refractivity contribution in [1.29, 1.82) is 0 Å². The predicted molar refractivity (Wildman–Crippen MR) is 112 cm³/mol. The van der Waals surface area contributed by atoms with Crippen LogP contribution in [0.3, 0.4) is 0 Å². The molecule has 2 aliphatic rings. The third-order valence-electron chi connectivity index (χ3n) is 5.93. The normalized spacial score (nSPS) is 21.4. The zero-order valence-electron chi connectivity index (χ0n) is 17.8. The van der Waals surface area contributed by atoms with Crippen LogP contribution in [-0.2, 0) is 27.8 Å². The van der Waals surface area contributed by atoms with Crippen LogP contribution in [0.5, 0.6) is 0 Å². The first-order valence-corrected chi connectivity index (χ1v) is 10.4. The number of ether oxygens (including phenoxy) is 1. The SMILES string of the molecule is COCCN1CCN2C(=O)C(Cc3ccccc3)N(C(=O)c3ccn(C)n3)CC2C1=O. The number of aromatic nitrogens is 2. The van der Waals surface area contributed by atoms with Crippen molar-refractivity contribution in [3.63, 3.8) is 0 Å². The van der Waals surface area contributed by atoms with E-state index in [4.69, 9.17) is 4.74 Å². The lowest BCUT2D eigenvalue weighted by Gasteiger charge is -2.49. The van der Waals surface area contributed by atoms with Crippen molar-refractivity contribution in [2.24, 2.45) is 7.05 Å². The summed E-state index contributed by atoms with van der Waals surface area (Å²) in [5.41, 5.74) is 1.23. The van der Waals surface area contributed by atoms with Crippen LogP contribution >= 0.6 is 0 Å². The molecule has 2 atom stereocenters. The zero-order valence-corrected chi connectivity index (χ0v) is 17.8. The van der Waals surface area contributed by atoms with Gasteiger partial charge in [-0.15, -0.1) is 0 Å². The van der Waals surface area contributed by atoms with Gasteiger partial charge in [-0.2, -0.15) is 5.10 Å². The van der Waals surface area contributed by atoms with Crippen molar-refractivity contribution >= 4 is 17.7 Å². The first-order valence-electron chi connectivity index (χ1n) is 10.4. The van der Waals surface area contributed by atoms with Crippen LogP contribution in [0.4, 0.5) is 0 Å². The Morgan fingerprint density at radius 2 is 1.90 bits per heavy atom. The lowest BCUT2D eigenvalue weighted by Crippen LogP contribution is -2.70. The highest BCUT2D eigenvalue weighted by Gasteiger charge is 2.48. The molecule has 2 unspecified atom stereocenters. The fourth-order valence-corrected chi connectivity index (χ4v) is 4.28. The van der Waals surface area contributed by atoms with Crippen molar-refractivity contribution in [2.75, 3.05) is 39.9 Å². The first-order chi connectivity index (χ1) is 15.0. The van der Waals surface area contributed by atoms with Crippen LogP contribution in [-0.4, -0.2) is 94.2 Å². The summed E-state index contributed by atoms with van der Waals surface area (Å²) in [5.74, 6) is -0.672. The monoisotopic (exact) mass is 425 g/mol. The summed E-state index contributed by atoms with van der Waals surface area (Å²) in [7, 11) is 3.33. The number of aryl methyl sites for hydroxylation is 1. The highest BCUT2D eigenvalue weighted by Crippen LogP contribution is 2.25. The molecule has 164 valence electrons. The number of nitrogens with zero attached hydrogens (tertiary/aromatic N) is 5. The standard InChI is InChI=1S/C22H27N5O4/c1-24-9-8-17(23-24)20(28)27-15-19-21(29)25(12-13-31-2)10-11-26(19)22(30)18(27)14-16-6-4-3-5-7-16/h3-9,18-19H,10-15H2,1-2H3. The number of hydrogen-bond acceptors (Lipinski definition) is 5. The summed E-state index contributed by atoms with van der Waals surface area (Å²) in [6.45, 7) is 1.97. The van der Waals surface area contributed by atoms with Crippen LogP contribution in [0.15, 0.2) is 42.6 Å². The van der Waals surface area contributed by atoms with Gasteiger partial charge >= 0.3 is 0 Å². The average molecular weight is 425 g/mol. The molecule has 0 radical (unpaired) electrons. The molecule has 4 rings (SSSR count). The Balaban J connectivity index is 1.63. The summed E-state index contributed by atoms with van der Waals surface area (Å²) in [4.78, 5) is 44.8. The Hall–Kier alpha value is -3.20. The molecule has 2 saturated heterocycles. The molecule has 2 fully saturated rings. The van der Waals surface area contributed by atoms with Gasteiger partial charge in [-0.05, 0) is 11.6 Å². The maximum absolute atomic E-state index is 13.5.